The SMILES string of the molecule is CNc1nc(Sc2cccs2)c(Cl)cc1Cl. The molecule has 1 N–H and O–H groups in total. The van der Waals surface area contributed by atoms with Crippen LogP contribution < -0.4 is 5.32 Å². The highest BCUT2D eigenvalue weighted by atomic mass is 35.5. The van der Waals surface area contributed by atoms with Crippen molar-refractivity contribution in [2.24, 2.45) is 0 Å². The van der Waals surface area contributed by atoms with Gasteiger partial charge in [0.1, 0.15) is 10.8 Å². The molecule has 16 heavy (non-hydrogen) atoms. The number of anilines is 1. The molecule has 2 rings (SSSR count). The first-order valence-electron chi connectivity index (χ1n) is 4.46. The van der Waals surface area contributed by atoms with E-state index in [1.807, 2.05) is 17.5 Å². The van der Waals surface area contributed by atoms with E-state index in [-0.39, 0.29) is 0 Å². The zero-order valence-corrected chi connectivity index (χ0v) is 11.5. The van der Waals surface area contributed by atoms with E-state index in [0.717, 1.165) is 9.24 Å². The Bertz CT molecular complexity index is 486. The minimum Gasteiger partial charge on any atom is -0.372 e. The van der Waals surface area contributed by atoms with Gasteiger partial charge in [-0.25, -0.2) is 4.98 Å². The van der Waals surface area contributed by atoms with Crippen molar-refractivity contribution in [1.82, 2.24) is 4.98 Å². The summed E-state index contributed by atoms with van der Waals surface area (Å²) in [5, 5.41) is 6.81. The van der Waals surface area contributed by atoms with Crippen molar-refractivity contribution in [3.8, 4) is 0 Å². The van der Waals surface area contributed by atoms with Gasteiger partial charge in [-0.15, -0.1) is 11.3 Å². The van der Waals surface area contributed by atoms with Gasteiger partial charge in [-0.3, -0.25) is 0 Å². The molecule has 0 atom stereocenters. The number of nitrogens with zero attached hydrogens (tertiary/aromatic N) is 1. The lowest BCUT2D eigenvalue weighted by atomic mass is 10.4. The topological polar surface area (TPSA) is 24.9 Å². The van der Waals surface area contributed by atoms with Crippen LogP contribution in [-0.4, -0.2) is 12.0 Å². The van der Waals surface area contributed by atoms with Gasteiger partial charge in [-0.1, -0.05) is 41.0 Å². The van der Waals surface area contributed by atoms with Crippen LogP contribution in [0.15, 0.2) is 32.8 Å². The predicted molar refractivity (Wildman–Crippen MR) is 72.2 cm³/mol. The third-order valence-corrected chi connectivity index (χ3v) is 4.56. The van der Waals surface area contributed by atoms with Crippen LogP contribution in [0.2, 0.25) is 10.0 Å². The summed E-state index contributed by atoms with van der Waals surface area (Å²) in [5.74, 6) is 0.644. The minimum absolute atomic E-state index is 0.531. The Morgan fingerprint density at radius 1 is 1.38 bits per heavy atom. The lowest BCUT2D eigenvalue weighted by molar-refractivity contribution is 1.13. The average Bonchev–Trinajstić information content (AvgIpc) is 2.75. The van der Waals surface area contributed by atoms with Crippen LogP contribution in [0, 0.1) is 0 Å². The number of hydrogen-bond donors (Lipinski definition) is 1. The molecule has 2 heterocycles. The van der Waals surface area contributed by atoms with E-state index in [4.69, 9.17) is 23.2 Å². The summed E-state index contributed by atoms with van der Waals surface area (Å²) >= 11 is 15.2. The highest BCUT2D eigenvalue weighted by Gasteiger charge is 2.10. The molecule has 0 unspecified atom stereocenters. The smallest absolute Gasteiger partial charge is 0.146 e. The molecular formula is C10H8Cl2N2S2. The van der Waals surface area contributed by atoms with Crippen molar-refractivity contribution in [1.29, 1.82) is 0 Å². The second-order valence-corrected chi connectivity index (χ2v) is 5.94. The van der Waals surface area contributed by atoms with Crippen LogP contribution in [0.25, 0.3) is 0 Å². The van der Waals surface area contributed by atoms with Gasteiger partial charge in [0.25, 0.3) is 0 Å². The van der Waals surface area contributed by atoms with Gasteiger partial charge >= 0.3 is 0 Å². The van der Waals surface area contributed by atoms with E-state index in [1.54, 1.807) is 24.5 Å². The molecule has 2 aromatic heterocycles. The number of aromatic nitrogens is 1. The third kappa shape index (κ3) is 2.63. The van der Waals surface area contributed by atoms with E-state index >= 15 is 0 Å². The molecule has 0 fully saturated rings. The first-order valence-corrected chi connectivity index (χ1v) is 6.91. The fraction of sp³-hybridized carbons (Fsp3) is 0.100. The van der Waals surface area contributed by atoms with Crippen LogP contribution in [0.1, 0.15) is 0 Å². The van der Waals surface area contributed by atoms with E-state index in [2.05, 4.69) is 10.3 Å². The van der Waals surface area contributed by atoms with Crippen LogP contribution in [0.4, 0.5) is 5.82 Å². The molecule has 0 saturated heterocycles. The fourth-order valence-electron chi connectivity index (χ4n) is 1.11. The molecule has 0 amide bonds. The van der Waals surface area contributed by atoms with E-state index in [0.29, 0.717) is 15.9 Å². The summed E-state index contributed by atoms with van der Waals surface area (Å²) in [7, 11) is 1.78. The molecule has 6 heteroatoms. The number of hydrogen-bond acceptors (Lipinski definition) is 4. The zero-order valence-electron chi connectivity index (χ0n) is 8.33. The standard InChI is InChI=1S/C10H8Cl2N2S2/c1-13-9-6(11)5-7(12)10(14-9)16-8-3-2-4-15-8/h2-5H,1H3,(H,13,14). The number of rotatable bonds is 3. The second kappa shape index (κ2) is 5.27. The van der Waals surface area contributed by atoms with Gasteiger partial charge < -0.3 is 5.32 Å². The molecule has 0 bridgehead atoms. The van der Waals surface area contributed by atoms with Crippen molar-refractivity contribution >= 4 is 52.1 Å². The summed E-state index contributed by atoms with van der Waals surface area (Å²) < 4.78 is 1.15. The Kier molecular flexibility index (Phi) is 3.97. The first kappa shape index (κ1) is 12.0. The predicted octanol–water partition coefficient (Wildman–Crippen LogP) is 4.64. The molecule has 0 aliphatic heterocycles. The maximum absolute atomic E-state index is 6.08. The molecular weight excluding hydrogens is 283 g/mol. The molecule has 0 aliphatic rings. The normalized spacial score (nSPS) is 10.4. The van der Waals surface area contributed by atoms with Gasteiger partial charge in [0, 0.05) is 7.05 Å². The minimum atomic E-state index is 0.531. The summed E-state index contributed by atoms with van der Waals surface area (Å²) in [5.41, 5.74) is 0. The third-order valence-electron chi connectivity index (χ3n) is 1.83. The highest BCUT2D eigenvalue weighted by molar-refractivity contribution is 8.01. The van der Waals surface area contributed by atoms with Crippen LogP contribution in [-0.2, 0) is 0 Å². The Labute approximate surface area is 112 Å². The monoisotopic (exact) mass is 290 g/mol. The molecule has 0 aliphatic carbocycles. The quantitative estimate of drug-likeness (QED) is 0.891. The maximum Gasteiger partial charge on any atom is 0.146 e. The Hall–Kier alpha value is -0.420. The molecule has 84 valence electrons. The Balaban J connectivity index is 2.33. The molecule has 0 spiro atoms. The fourth-order valence-corrected chi connectivity index (χ4v) is 3.36. The van der Waals surface area contributed by atoms with E-state index < -0.39 is 0 Å². The number of thiophene rings is 1. The Morgan fingerprint density at radius 2 is 2.19 bits per heavy atom. The van der Waals surface area contributed by atoms with Crippen molar-refractivity contribution in [2.45, 2.75) is 9.24 Å². The van der Waals surface area contributed by atoms with Crippen molar-refractivity contribution in [3.63, 3.8) is 0 Å². The van der Waals surface area contributed by atoms with E-state index in [1.165, 1.54) is 11.8 Å². The second-order valence-electron chi connectivity index (χ2n) is 2.89. The number of halogens is 2. The molecule has 2 nitrogen and oxygen atoms in total. The van der Waals surface area contributed by atoms with Gasteiger partial charge in [-0.2, -0.15) is 0 Å². The molecule has 0 saturated carbocycles. The number of pyridine rings is 1. The molecule has 0 radical (unpaired) electrons. The zero-order chi connectivity index (χ0) is 11.5. The van der Waals surface area contributed by atoms with Gasteiger partial charge in [0.2, 0.25) is 0 Å². The lowest BCUT2D eigenvalue weighted by Gasteiger charge is -2.06. The van der Waals surface area contributed by atoms with Gasteiger partial charge in [0.15, 0.2) is 0 Å². The average molecular weight is 291 g/mol. The molecule has 2 aromatic rings. The lowest BCUT2D eigenvalue weighted by Crippen LogP contribution is -1.94. The van der Waals surface area contributed by atoms with Crippen molar-refractivity contribution in [3.05, 3.63) is 33.6 Å². The van der Waals surface area contributed by atoms with Crippen LogP contribution in [0.5, 0.6) is 0 Å². The van der Waals surface area contributed by atoms with E-state index in [9.17, 15) is 0 Å². The maximum atomic E-state index is 6.08. The van der Waals surface area contributed by atoms with Crippen LogP contribution >= 0.6 is 46.3 Å². The van der Waals surface area contributed by atoms with Crippen LogP contribution in [0.3, 0.4) is 0 Å². The summed E-state index contributed by atoms with van der Waals surface area (Å²) in [6.45, 7) is 0. The summed E-state index contributed by atoms with van der Waals surface area (Å²) in [4.78, 5) is 4.36. The largest absolute Gasteiger partial charge is 0.372 e. The number of nitrogens with one attached hydrogen (secondary N) is 1. The van der Waals surface area contributed by atoms with Crippen molar-refractivity contribution in [2.75, 3.05) is 12.4 Å². The Morgan fingerprint density at radius 3 is 2.81 bits per heavy atom. The van der Waals surface area contributed by atoms with Gasteiger partial charge in [-0.05, 0) is 17.5 Å². The van der Waals surface area contributed by atoms with Gasteiger partial charge in [0.05, 0.1) is 14.3 Å². The summed E-state index contributed by atoms with van der Waals surface area (Å²) in [6.07, 6.45) is 0. The first-order chi connectivity index (χ1) is 7.70. The van der Waals surface area contributed by atoms with Crippen molar-refractivity contribution < 1.29 is 0 Å². The molecule has 0 aromatic carbocycles. The summed E-state index contributed by atoms with van der Waals surface area (Å²) in [6, 6.07) is 5.73. The highest BCUT2D eigenvalue weighted by Crippen LogP contribution is 2.37.